The van der Waals surface area contributed by atoms with Crippen LogP contribution in [-0.4, -0.2) is 15.6 Å². The summed E-state index contributed by atoms with van der Waals surface area (Å²) in [5, 5.41) is 0. The van der Waals surface area contributed by atoms with Crippen molar-refractivity contribution in [3.05, 3.63) is 53.6 Å². The van der Waals surface area contributed by atoms with Gasteiger partial charge in [-0.15, -0.1) is 0 Å². The summed E-state index contributed by atoms with van der Waals surface area (Å²) in [5.74, 6) is 1.11. The number of aryl methyl sites for hydroxylation is 3. The number of nitrogens with two attached hydrogens (primary N) is 1. The van der Waals surface area contributed by atoms with Gasteiger partial charge >= 0.3 is 0 Å². The zero-order valence-electron chi connectivity index (χ0n) is 12.5. The molecule has 1 atom stereocenters. The molecule has 0 bridgehead atoms. The standard InChI is InChI=1S/C17H25N3/c1-3-11-20-12-10-19-17(20)13-16(18)9-8-15-6-4-14(2)5-7-15/h4-7,10,12,16H,3,8-9,11,13,18H2,1-2H3. The number of imidazole rings is 1. The summed E-state index contributed by atoms with van der Waals surface area (Å²) in [6.07, 6.45) is 7.95. The minimum atomic E-state index is 0.175. The van der Waals surface area contributed by atoms with E-state index in [1.807, 2.05) is 12.4 Å². The maximum Gasteiger partial charge on any atom is 0.110 e. The average molecular weight is 271 g/mol. The first-order chi connectivity index (χ1) is 9.69. The van der Waals surface area contributed by atoms with Gasteiger partial charge in [0, 0.05) is 31.4 Å². The molecule has 1 aromatic carbocycles. The van der Waals surface area contributed by atoms with Crippen LogP contribution >= 0.6 is 0 Å². The largest absolute Gasteiger partial charge is 0.335 e. The number of hydrogen-bond acceptors (Lipinski definition) is 2. The van der Waals surface area contributed by atoms with E-state index in [4.69, 9.17) is 5.73 Å². The van der Waals surface area contributed by atoms with Crippen LogP contribution in [0, 0.1) is 6.92 Å². The Bertz CT molecular complexity index is 513. The number of nitrogens with zero attached hydrogens (tertiary/aromatic N) is 2. The summed E-state index contributed by atoms with van der Waals surface area (Å²) >= 11 is 0. The first kappa shape index (κ1) is 14.8. The molecule has 2 rings (SSSR count). The van der Waals surface area contributed by atoms with Crippen LogP contribution in [0.4, 0.5) is 0 Å². The molecule has 0 amide bonds. The van der Waals surface area contributed by atoms with Crippen LogP contribution in [0.5, 0.6) is 0 Å². The molecule has 0 aliphatic heterocycles. The maximum absolute atomic E-state index is 6.25. The first-order valence-corrected chi connectivity index (χ1v) is 7.50. The summed E-state index contributed by atoms with van der Waals surface area (Å²) < 4.78 is 2.21. The Labute approximate surface area is 121 Å². The maximum atomic E-state index is 6.25. The monoisotopic (exact) mass is 271 g/mol. The van der Waals surface area contributed by atoms with Crippen molar-refractivity contribution in [2.75, 3.05) is 0 Å². The molecule has 3 heteroatoms. The van der Waals surface area contributed by atoms with Crippen LogP contribution in [0.3, 0.4) is 0 Å². The molecule has 0 radical (unpaired) electrons. The van der Waals surface area contributed by atoms with Gasteiger partial charge in [0.05, 0.1) is 0 Å². The Hall–Kier alpha value is -1.61. The van der Waals surface area contributed by atoms with E-state index in [1.54, 1.807) is 0 Å². The summed E-state index contributed by atoms with van der Waals surface area (Å²) in [5.41, 5.74) is 8.92. The van der Waals surface area contributed by atoms with Crippen molar-refractivity contribution in [1.29, 1.82) is 0 Å². The van der Waals surface area contributed by atoms with Crippen molar-refractivity contribution in [3.8, 4) is 0 Å². The van der Waals surface area contributed by atoms with Crippen LogP contribution in [-0.2, 0) is 19.4 Å². The Balaban J connectivity index is 1.84. The van der Waals surface area contributed by atoms with Gasteiger partial charge in [-0.1, -0.05) is 36.8 Å². The summed E-state index contributed by atoms with van der Waals surface area (Å²) in [6, 6.07) is 8.89. The molecule has 0 saturated carbocycles. The Morgan fingerprint density at radius 1 is 1.25 bits per heavy atom. The Morgan fingerprint density at radius 2 is 2.00 bits per heavy atom. The third-order valence-electron chi connectivity index (χ3n) is 3.64. The van der Waals surface area contributed by atoms with Crippen molar-refractivity contribution in [2.45, 2.75) is 52.1 Å². The van der Waals surface area contributed by atoms with E-state index in [1.165, 1.54) is 11.1 Å². The van der Waals surface area contributed by atoms with Gasteiger partial charge < -0.3 is 10.3 Å². The van der Waals surface area contributed by atoms with Gasteiger partial charge in [-0.05, 0) is 31.7 Å². The van der Waals surface area contributed by atoms with E-state index in [2.05, 4.69) is 47.7 Å². The molecular weight excluding hydrogens is 246 g/mol. The lowest BCUT2D eigenvalue weighted by Gasteiger charge is -2.13. The second kappa shape index (κ2) is 7.25. The van der Waals surface area contributed by atoms with E-state index < -0.39 is 0 Å². The van der Waals surface area contributed by atoms with E-state index >= 15 is 0 Å². The molecule has 1 heterocycles. The van der Waals surface area contributed by atoms with E-state index in [9.17, 15) is 0 Å². The Kier molecular flexibility index (Phi) is 5.36. The van der Waals surface area contributed by atoms with Crippen molar-refractivity contribution < 1.29 is 0 Å². The molecular formula is C17H25N3. The molecule has 20 heavy (non-hydrogen) atoms. The molecule has 1 unspecified atom stereocenters. The number of aromatic nitrogens is 2. The SMILES string of the molecule is CCCn1ccnc1CC(N)CCc1ccc(C)cc1. The number of hydrogen-bond donors (Lipinski definition) is 1. The fourth-order valence-corrected chi connectivity index (χ4v) is 2.42. The molecule has 1 aromatic heterocycles. The predicted octanol–water partition coefficient (Wildman–Crippen LogP) is 3.10. The van der Waals surface area contributed by atoms with Gasteiger partial charge in [0.2, 0.25) is 0 Å². The molecule has 0 aliphatic carbocycles. The van der Waals surface area contributed by atoms with Crippen LogP contribution in [0.25, 0.3) is 0 Å². The van der Waals surface area contributed by atoms with Gasteiger partial charge in [-0.2, -0.15) is 0 Å². The molecule has 0 saturated heterocycles. The third kappa shape index (κ3) is 4.20. The summed E-state index contributed by atoms with van der Waals surface area (Å²) in [7, 11) is 0. The highest BCUT2D eigenvalue weighted by Gasteiger charge is 2.09. The van der Waals surface area contributed by atoms with Crippen LogP contribution in [0.15, 0.2) is 36.7 Å². The lowest BCUT2D eigenvalue weighted by atomic mass is 10.0. The van der Waals surface area contributed by atoms with Gasteiger partial charge in [0.1, 0.15) is 5.82 Å². The minimum absolute atomic E-state index is 0.175. The smallest absolute Gasteiger partial charge is 0.110 e. The van der Waals surface area contributed by atoms with Gasteiger partial charge in [0.25, 0.3) is 0 Å². The Morgan fingerprint density at radius 3 is 2.70 bits per heavy atom. The highest BCUT2D eigenvalue weighted by atomic mass is 15.1. The van der Waals surface area contributed by atoms with Gasteiger partial charge in [-0.25, -0.2) is 4.98 Å². The number of rotatable bonds is 7. The van der Waals surface area contributed by atoms with Crippen LogP contribution in [0.2, 0.25) is 0 Å². The second-order valence-corrected chi connectivity index (χ2v) is 5.53. The zero-order valence-corrected chi connectivity index (χ0v) is 12.5. The first-order valence-electron chi connectivity index (χ1n) is 7.50. The van der Waals surface area contributed by atoms with Crippen molar-refractivity contribution in [1.82, 2.24) is 9.55 Å². The van der Waals surface area contributed by atoms with Crippen LogP contribution in [0.1, 0.15) is 36.7 Å². The molecule has 0 aliphatic rings. The summed E-state index contributed by atoms with van der Waals surface area (Å²) in [6.45, 7) is 5.32. The molecule has 108 valence electrons. The number of benzene rings is 1. The highest BCUT2D eigenvalue weighted by Crippen LogP contribution is 2.09. The molecule has 0 spiro atoms. The molecule has 2 N–H and O–H groups in total. The topological polar surface area (TPSA) is 43.8 Å². The zero-order chi connectivity index (χ0) is 14.4. The van der Waals surface area contributed by atoms with Crippen LogP contribution < -0.4 is 5.73 Å². The predicted molar refractivity (Wildman–Crippen MR) is 83.7 cm³/mol. The average Bonchev–Trinajstić information content (AvgIpc) is 2.86. The highest BCUT2D eigenvalue weighted by molar-refractivity contribution is 5.21. The molecule has 0 fully saturated rings. The minimum Gasteiger partial charge on any atom is -0.335 e. The van der Waals surface area contributed by atoms with Crippen molar-refractivity contribution in [3.63, 3.8) is 0 Å². The van der Waals surface area contributed by atoms with Gasteiger partial charge in [0.15, 0.2) is 0 Å². The fraction of sp³-hybridized carbons (Fsp3) is 0.471. The lowest BCUT2D eigenvalue weighted by molar-refractivity contribution is 0.557. The fourth-order valence-electron chi connectivity index (χ4n) is 2.42. The normalized spacial score (nSPS) is 12.6. The van der Waals surface area contributed by atoms with E-state index in [0.717, 1.165) is 38.1 Å². The van der Waals surface area contributed by atoms with Gasteiger partial charge in [-0.3, -0.25) is 0 Å². The van der Waals surface area contributed by atoms with Crippen molar-refractivity contribution >= 4 is 0 Å². The quantitative estimate of drug-likeness (QED) is 0.841. The lowest BCUT2D eigenvalue weighted by Crippen LogP contribution is -2.25. The molecule has 2 aromatic rings. The van der Waals surface area contributed by atoms with Crippen molar-refractivity contribution in [2.24, 2.45) is 5.73 Å². The third-order valence-corrected chi connectivity index (χ3v) is 3.64. The van der Waals surface area contributed by atoms with E-state index in [0.29, 0.717) is 0 Å². The molecule has 3 nitrogen and oxygen atoms in total. The summed E-state index contributed by atoms with van der Waals surface area (Å²) in [4.78, 5) is 4.42. The van der Waals surface area contributed by atoms with E-state index in [-0.39, 0.29) is 6.04 Å². The second-order valence-electron chi connectivity index (χ2n) is 5.53.